The lowest BCUT2D eigenvalue weighted by Gasteiger charge is -2.22. The summed E-state index contributed by atoms with van der Waals surface area (Å²) < 4.78 is 24.7. The molecule has 0 aliphatic heterocycles. The lowest BCUT2D eigenvalue weighted by Crippen LogP contribution is -2.35. The lowest BCUT2D eigenvalue weighted by atomic mass is 10.1. The maximum absolute atomic E-state index is 11.7. The van der Waals surface area contributed by atoms with Gasteiger partial charge < -0.3 is 5.11 Å². The molecule has 0 spiro atoms. The Kier molecular flexibility index (Phi) is 4.55. The van der Waals surface area contributed by atoms with Crippen LogP contribution in [0.1, 0.15) is 32.6 Å². The second kappa shape index (κ2) is 5.27. The SMILES string of the molecule is CCCS(=O)(=O)N(C)CC1CCCC1O. The smallest absolute Gasteiger partial charge is 0.213 e. The first-order chi connectivity index (χ1) is 6.97. The molecular weight excluding hydrogens is 214 g/mol. The molecule has 0 bridgehead atoms. The van der Waals surface area contributed by atoms with Gasteiger partial charge in [0, 0.05) is 13.6 Å². The van der Waals surface area contributed by atoms with E-state index in [1.807, 2.05) is 6.92 Å². The summed E-state index contributed by atoms with van der Waals surface area (Å²) in [6, 6.07) is 0. The zero-order valence-corrected chi connectivity index (χ0v) is 10.3. The van der Waals surface area contributed by atoms with Crippen molar-refractivity contribution in [3.05, 3.63) is 0 Å². The molecule has 0 amide bonds. The summed E-state index contributed by atoms with van der Waals surface area (Å²) >= 11 is 0. The Balaban J connectivity index is 2.51. The van der Waals surface area contributed by atoms with Crippen LogP contribution in [-0.2, 0) is 10.0 Å². The number of aliphatic hydroxyl groups is 1. The molecule has 2 atom stereocenters. The van der Waals surface area contributed by atoms with Gasteiger partial charge in [0.15, 0.2) is 0 Å². The third kappa shape index (κ3) is 3.43. The van der Waals surface area contributed by atoms with Gasteiger partial charge in [0.05, 0.1) is 11.9 Å². The molecule has 1 fully saturated rings. The van der Waals surface area contributed by atoms with Gasteiger partial charge in [-0.15, -0.1) is 0 Å². The molecule has 1 aliphatic rings. The number of hydrogen-bond acceptors (Lipinski definition) is 3. The van der Waals surface area contributed by atoms with E-state index in [1.165, 1.54) is 4.31 Å². The summed E-state index contributed by atoms with van der Waals surface area (Å²) in [5, 5.41) is 9.61. The predicted octanol–water partition coefficient (Wildman–Crippen LogP) is 0.819. The van der Waals surface area contributed by atoms with Gasteiger partial charge in [0.25, 0.3) is 0 Å². The van der Waals surface area contributed by atoms with Gasteiger partial charge in [0.2, 0.25) is 10.0 Å². The van der Waals surface area contributed by atoms with Crippen molar-refractivity contribution in [3.8, 4) is 0 Å². The highest BCUT2D eigenvalue weighted by Crippen LogP contribution is 2.26. The Hall–Kier alpha value is -0.130. The largest absolute Gasteiger partial charge is 0.393 e. The molecule has 1 N–H and O–H groups in total. The first kappa shape index (κ1) is 12.9. The number of rotatable bonds is 5. The minimum absolute atomic E-state index is 0.127. The Morgan fingerprint density at radius 2 is 2.07 bits per heavy atom. The van der Waals surface area contributed by atoms with Gasteiger partial charge in [-0.1, -0.05) is 13.3 Å². The van der Waals surface area contributed by atoms with E-state index >= 15 is 0 Å². The highest BCUT2D eigenvalue weighted by molar-refractivity contribution is 7.89. The van der Waals surface area contributed by atoms with Gasteiger partial charge in [-0.3, -0.25) is 0 Å². The fourth-order valence-electron chi connectivity index (χ4n) is 2.09. The summed E-state index contributed by atoms with van der Waals surface area (Å²) in [7, 11) is -1.49. The molecule has 1 saturated carbocycles. The number of sulfonamides is 1. The molecule has 4 nitrogen and oxygen atoms in total. The summed E-state index contributed by atoms with van der Waals surface area (Å²) in [4.78, 5) is 0. The van der Waals surface area contributed by atoms with Crippen LogP contribution in [-0.4, -0.2) is 43.3 Å². The standard InChI is InChI=1S/C10H21NO3S/c1-3-7-15(13,14)11(2)8-9-5-4-6-10(9)12/h9-10,12H,3-8H2,1-2H3. The number of aliphatic hydroxyl groups excluding tert-OH is 1. The van der Waals surface area contributed by atoms with Crippen molar-refractivity contribution >= 4 is 10.0 Å². The molecule has 0 aromatic rings. The predicted molar refractivity (Wildman–Crippen MR) is 60.1 cm³/mol. The average Bonchev–Trinajstić information content (AvgIpc) is 2.52. The fourth-order valence-corrected chi connectivity index (χ4v) is 3.33. The van der Waals surface area contributed by atoms with Crippen molar-refractivity contribution in [2.45, 2.75) is 38.7 Å². The maximum atomic E-state index is 11.7. The summed E-state index contributed by atoms with van der Waals surface area (Å²) in [6.07, 6.45) is 3.08. The monoisotopic (exact) mass is 235 g/mol. The third-order valence-electron chi connectivity index (χ3n) is 3.05. The highest BCUT2D eigenvalue weighted by Gasteiger charge is 2.29. The minimum atomic E-state index is -3.10. The van der Waals surface area contributed by atoms with Crippen LogP contribution in [0.5, 0.6) is 0 Å². The zero-order valence-electron chi connectivity index (χ0n) is 9.52. The van der Waals surface area contributed by atoms with E-state index in [-0.39, 0.29) is 17.8 Å². The van der Waals surface area contributed by atoms with Crippen molar-refractivity contribution < 1.29 is 13.5 Å². The van der Waals surface area contributed by atoms with Crippen LogP contribution < -0.4 is 0 Å². The van der Waals surface area contributed by atoms with Crippen LogP contribution in [0.3, 0.4) is 0 Å². The van der Waals surface area contributed by atoms with Crippen molar-refractivity contribution in [3.63, 3.8) is 0 Å². The van der Waals surface area contributed by atoms with E-state index in [4.69, 9.17) is 0 Å². The van der Waals surface area contributed by atoms with E-state index in [2.05, 4.69) is 0 Å². The van der Waals surface area contributed by atoms with Crippen LogP contribution in [0.15, 0.2) is 0 Å². The summed E-state index contributed by atoms with van der Waals surface area (Å²) in [5.41, 5.74) is 0. The molecule has 1 aliphatic carbocycles. The quantitative estimate of drug-likeness (QED) is 0.767. The van der Waals surface area contributed by atoms with Crippen molar-refractivity contribution in [2.24, 2.45) is 5.92 Å². The van der Waals surface area contributed by atoms with Crippen molar-refractivity contribution in [1.82, 2.24) is 4.31 Å². The van der Waals surface area contributed by atoms with Crippen LogP contribution >= 0.6 is 0 Å². The van der Waals surface area contributed by atoms with Gasteiger partial charge in [-0.25, -0.2) is 12.7 Å². The maximum Gasteiger partial charge on any atom is 0.213 e. The Labute approximate surface area is 92.3 Å². The molecule has 1 rings (SSSR count). The normalized spacial score (nSPS) is 27.5. The zero-order chi connectivity index (χ0) is 11.5. The van der Waals surface area contributed by atoms with Gasteiger partial charge in [0.1, 0.15) is 0 Å². The van der Waals surface area contributed by atoms with Crippen molar-refractivity contribution in [2.75, 3.05) is 19.3 Å². The summed E-state index contributed by atoms with van der Waals surface area (Å²) in [5.74, 6) is 0.327. The first-order valence-corrected chi connectivity index (χ1v) is 7.20. The Morgan fingerprint density at radius 3 is 2.53 bits per heavy atom. The van der Waals surface area contributed by atoms with E-state index in [9.17, 15) is 13.5 Å². The Bertz CT molecular complexity index is 289. The second-order valence-electron chi connectivity index (χ2n) is 4.35. The van der Waals surface area contributed by atoms with Gasteiger partial charge in [-0.2, -0.15) is 0 Å². The topological polar surface area (TPSA) is 57.6 Å². The fraction of sp³-hybridized carbons (Fsp3) is 1.00. The molecule has 0 aromatic heterocycles. The van der Waals surface area contributed by atoms with Crippen LogP contribution in [0, 0.1) is 5.92 Å². The third-order valence-corrected chi connectivity index (χ3v) is 5.07. The molecular formula is C10H21NO3S. The second-order valence-corrected chi connectivity index (χ2v) is 6.55. The first-order valence-electron chi connectivity index (χ1n) is 5.59. The summed E-state index contributed by atoms with van der Waals surface area (Å²) in [6.45, 7) is 2.32. The van der Waals surface area contributed by atoms with E-state index in [0.29, 0.717) is 13.0 Å². The van der Waals surface area contributed by atoms with Gasteiger partial charge in [-0.05, 0) is 25.2 Å². The molecule has 0 heterocycles. The van der Waals surface area contributed by atoms with E-state index in [0.717, 1.165) is 19.3 Å². The average molecular weight is 235 g/mol. The lowest BCUT2D eigenvalue weighted by molar-refractivity contribution is 0.123. The Morgan fingerprint density at radius 1 is 1.40 bits per heavy atom. The molecule has 0 radical (unpaired) electrons. The van der Waals surface area contributed by atoms with Crippen LogP contribution in [0.2, 0.25) is 0 Å². The van der Waals surface area contributed by atoms with Crippen molar-refractivity contribution in [1.29, 1.82) is 0 Å². The molecule has 15 heavy (non-hydrogen) atoms. The van der Waals surface area contributed by atoms with E-state index < -0.39 is 10.0 Å². The number of nitrogens with zero attached hydrogens (tertiary/aromatic N) is 1. The molecule has 0 saturated heterocycles. The minimum Gasteiger partial charge on any atom is -0.393 e. The molecule has 90 valence electrons. The highest BCUT2D eigenvalue weighted by atomic mass is 32.2. The molecule has 5 heteroatoms. The van der Waals surface area contributed by atoms with Crippen LogP contribution in [0.4, 0.5) is 0 Å². The molecule has 0 aromatic carbocycles. The molecule has 2 unspecified atom stereocenters. The van der Waals surface area contributed by atoms with Crippen LogP contribution in [0.25, 0.3) is 0 Å². The van der Waals surface area contributed by atoms with E-state index in [1.54, 1.807) is 7.05 Å². The van der Waals surface area contributed by atoms with Gasteiger partial charge >= 0.3 is 0 Å². The number of hydrogen-bond donors (Lipinski definition) is 1.